The Kier molecular flexibility index (Phi) is 9.49. The van der Waals surface area contributed by atoms with Gasteiger partial charge in [0.25, 0.3) is 0 Å². The zero-order valence-corrected chi connectivity index (χ0v) is 23.5. The van der Waals surface area contributed by atoms with Crippen molar-refractivity contribution in [2.45, 2.75) is 38.4 Å². The van der Waals surface area contributed by atoms with E-state index in [1.807, 2.05) is 41.9 Å². The molecule has 3 aromatic rings. The van der Waals surface area contributed by atoms with Crippen molar-refractivity contribution in [2.75, 3.05) is 59.7 Å². The van der Waals surface area contributed by atoms with Crippen LogP contribution in [0.4, 0.5) is 4.39 Å². The van der Waals surface area contributed by atoms with Crippen molar-refractivity contribution in [3.05, 3.63) is 57.9 Å². The van der Waals surface area contributed by atoms with Gasteiger partial charge in [-0.05, 0) is 79.4 Å². The van der Waals surface area contributed by atoms with Crippen LogP contribution < -0.4 is 4.74 Å². The first-order chi connectivity index (χ1) is 19.1. The summed E-state index contributed by atoms with van der Waals surface area (Å²) in [6.07, 6.45) is 3.39. The van der Waals surface area contributed by atoms with Crippen molar-refractivity contribution in [2.24, 2.45) is 5.41 Å². The number of aliphatic hydroxyl groups excluding tert-OH is 1. The van der Waals surface area contributed by atoms with E-state index < -0.39 is 6.17 Å². The van der Waals surface area contributed by atoms with Gasteiger partial charge in [-0.3, -0.25) is 14.8 Å². The molecule has 0 bridgehead atoms. The van der Waals surface area contributed by atoms with E-state index in [9.17, 15) is 5.11 Å². The number of alkyl halides is 1. The van der Waals surface area contributed by atoms with Crippen LogP contribution in [0.15, 0.2) is 41.9 Å². The lowest BCUT2D eigenvalue weighted by molar-refractivity contribution is 0.0323. The summed E-state index contributed by atoms with van der Waals surface area (Å²) in [6.45, 7) is 6.23. The average molecular weight is 552 g/mol. The molecule has 0 aliphatic carbocycles. The van der Waals surface area contributed by atoms with Crippen LogP contribution in [0.5, 0.6) is 5.75 Å². The highest BCUT2D eigenvalue weighted by molar-refractivity contribution is 7.10. The van der Waals surface area contributed by atoms with Crippen LogP contribution in [0.25, 0.3) is 10.9 Å². The summed E-state index contributed by atoms with van der Waals surface area (Å²) in [6, 6.07) is 9.72. The largest absolute Gasteiger partial charge is 0.497 e. The molecule has 208 valence electrons. The van der Waals surface area contributed by atoms with Crippen molar-refractivity contribution in [3.63, 3.8) is 0 Å². The number of hydrogen-bond donors (Lipinski definition) is 1. The molecule has 2 aliphatic rings. The molecule has 1 aromatic carbocycles. The Labute approximate surface area is 234 Å². The number of pyridine rings is 1. The van der Waals surface area contributed by atoms with E-state index in [1.54, 1.807) is 18.4 Å². The van der Waals surface area contributed by atoms with E-state index in [1.165, 1.54) is 0 Å². The van der Waals surface area contributed by atoms with Crippen molar-refractivity contribution in [1.82, 2.24) is 14.8 Å². The van der Waals surface area contributed by atoms with Gasteiger partial charge in [-0.25, -0.2) is 4.39 Å². The van der Waals surface area contributed by atoms with Crippen LogP contribution in [0.3, 0.4) is 0 Å². The molecule has 2 aromatic heterocycles. The Morgan fingerprint density at radius 1 is 1.18 bits per heavy atom. The zero-order chi connectivity index (χ0) is 27.1. The van der Waals surface area contributed by atoms with Crippen LogP contribution in [0.1, 0.15) is 47.9 Å². The lowest BCUT2D eigenvalue weighted by atomic mass is 9.74. The van der Waals surface area contributed by atoms with Crippen LogP contribution in [-0.2, 0) is 11.3 Å². The number of rotatable bonds is 9. The molecular weight excluding hydrogens is 513 g/mol. The summed E-state index contributed by atoms with van der Waals surface area (Å²) in [5, 5.41) is 13.3. The highest BCUT2D eigenvalue weighted by atomic mass is 32.1. The normalized spacial score (nSPS) is 18.9. The van der Waals surface area contributed by atoms with Crippen molar-refractivity contribution >= 4 is 22.2 Å². The number of aliphatic hydroxyl groups is 1. The number of piperidine rings is 1. The Morgan fingerprint density at radius 2 is 2.00 bits per heavy atom. The molecular formula is C31H38FN3O3S. The summed E-state index contributed by atoms with van der Waals surface area (Å²) < 4.78 is 27.3. The van der Waals surface area contributed by atoms with Crippen LogP contribution in [0, 0.1) is 17.3 Å². The number of fused-ring (bicyclic) bond motifs is 1. The van der Waals surface area contributed by atoms with Gasteiger partial charge >= 0.3 is 0 Å². The number of aromatic nitrogens is 1. The third kappa shape index (κ3) is 6.97. The number of thiophene rings is 1. The maximum atomic E-state index is 16.3. The molecule has 0 spiro atoms. The first-order valence-corrected chi connectivity index (χ1v) is 14.7. The maximum absolute atomic E-state index is 16.3. The van der Waals surface area contributed by atoms with Crippen molar-refractivity contribution in [3.8, 4) is 17.6 Å². The number of ether oxygens (including phenoxy) is 2. The lowest BCUT2D eigenvalue weighted by Gasteiger charge is -2.40. The molecule has 2 saturated heterocycles. The molecule has 0 saturated carbocycles. The summed E-state index contributed by atoms with van der Waals surface area (Å²) in [7, 11) is 1.63. The van der Waals surface area contributed by atoms with E-state index in [-0.39, 0.29) is 12.0 Å². The molecule has 2 fully saturated rings. The molecule has 6 nitrogen and oxygen atoms in total. The first-order valence-electron chi connectivity index (χ1n) is 13.8. The number of morpholine rings is 1. The fraction of sp³-hybridized carbons (Fsp3) is 0.516. The number of methoxy groups -OCH3 is 1. The van der Waals surface area contributed by atoms with E-state index in [4.69, 9.17) is 9.47 Å². The summed E-state index contributed by atoms with van der Waals surface area (Å²) in [5.74, 6) is 7.20. The van der Waals surface area contributed by atoms with E-state index >= 15 is 4.39 Å². The van der Waals surface area contributed by atoms with Gasteiger partial charge in [0.1, 0.15) is 11.9 Å². The monoisotopic (exact) mass is 551 g/mol. The summed E-state index contributed by atoms with van der Waals surface area (Å²) in [4.78, 5) is 10.4. The number of hydrogen-bond acceptors (Lipinski definition) is 7. The number of benzene rings is 1. The first kappa shape index (κ1) is 28.0. The fourth-order valence-electron chi connectivity index (χ4n) is 5.69. The van der Waals surface area contributed by atoms with E-state index in [0.29, 0.717) is 43.9 Å². The summed E-state index contributed by atoms with van der Waals surface area (Å²) >= 11 is 1.65. The minimum absolute atomic E-state index is 0.0833. The molecule has 39 heavy (non-hydrogen) atoms. The molecule has 1 N–H and O–H groups in total. The smallest absolute Gasteiger partial charge is 0.126 e. The fourth-order valence-corrected chi connectivity index (χ4v) is 6.29. The predicted octanol–water partition coefficient (Wildman–Crippen LogP) is 5.05. The second-order valence-corrected chi connectivity index (χ2v) is 11.6. The van der Waals surface area contributed by atoms with Gasteiger partial charge in [-0.1, -0.05) is 17.9 Å². The Bertz CT molecular complexity index is 1280. The van der Waals surface area contributed by atoms with Crippen molar-refractivity contribution in [1.29, 1.82) is 0 Å². The number of nitrogens with zero attached hydrogens (tertiary/aromatic N) is 3. The van der Waals surface area contributed by atoms with Gasteiger partial charge in [0.2, 0.25) is 0 Å². The molecule has 5 rings (SSSR count). The Hall–Kier alpha value is -2.54. The standard InChI is InChI=1S/C31H38FN3O3S/c1-37-25-6-7-29-27(20-25)30(24(21-33-29)22-35-15-17-38-18-16-35)28(32)8-9-31(23-36)10-13-34(14-11-31)12-2-4-26-5-3-19-39-26/h3,5-7,19-21,28,36H,8-18,22-23H2,1H3. The molecule has 0 radical (unpaired) electrons. The second-order valence-electron chi connectivity index (χ2n) is 10.7. The Balaban J connectivity index is 1.28. The second kappa shape index (κ2) is 13.2. The minimum atomic E-state index is -1.16. The SMILES string of the molecule is COc1ccc2ncc(CN3CCOCC3)c(C(F)CCC3(CO)CCN(CC#Cc4cccs4)CC3)c2c1. The van der Waals surface area contributed by atoms with Crippen LogP contribution in [-0.4, -0.2) is 79.5 Å². The number of halogens is 1. The zero-order valence-electron chi connectivity index (χ0n) is 22.7. The van der Waals surface area contributed by atoms with Gasteiger partial charge in [0.15, 0.2) is 0 Å². The van der Waals surface area contributed by atoms with Gasteiger partial charge in [-0.15, -0.1) is 11.3 Å². The third-order valence-electron chi connectivity index (χ3n) is 8.23. The lowest BCUT2D eigenvalue weighted by Crippen LogP contribution is -2.42. The van der Waals surface area contributed by atoms with Gasteiger partial charge in [0, 0.05) is 43.4 Å². The molecule has 0 amide bonds. The van der Waals surface area contributed by atoms with Crippen LogP contribution >= 0.6 is 11.3 Å². The molecule has 2 aliphatic heterocycles. The highest BCUT2D eigenvalue weighted by Gasteiger charge is 2.35. The third-order valence-corrected chi connectivity index (χ3v) is 9.01. The predicted molar refractivity (Wildman–Crippen MR) is 154 cm³/mol. The van der Waals surface area contributed by atoms with E-state index in [2.05, 4.69) is 26.6 Å². The van der Waals surface area contributed by atoms with Crippen molar-refractivity contribution < 1.29 is 19.0 Å². The van der Waals surface area contributed by atoms with Gasteiger partial charge in [-0.2, -0.15) is 0 Å². The molecule has 1 unspecified atom stereocenters. The number of likely N-dealkylation sites (tertiary alicyclic amines) is 1. The molecule has 8 heteroatoms. The minimum Gasteiger partial charge on any atom is -0.497 e. The topological polar surface area (TPSA) is 58.1 Å². The van der Waals surface area contributed by atoms with Gasteiger partial charge < -0.3 is 14.6 Å². The van der Waals surface area contributed by atoms with E-state index in [0.717, 1.165) is 66.9 Å². The maximum Gasteiger partial charge on any atom is 0.126 e. The molecule has 4 heterocycles. The average Bonchev–Trinajstić information content (AvgIpc) is 3.50. The van der Waals surface area contributed by atoms with Gasteiger partial charge in [0.05, 0.1) is 37.3 Å². The van der Waals surface area contributed by atoms with Crippen LogP contribution in [0.2, 0.25) is 0 Å². The summed E-state index contributed by atoms with van der Waals surface area (Å²) in [5.41, 5.74) is 2.14. The molecule has 1 atom stereocenters. The highest BCUT2D eigenvalue weighted by Crippen LogP contribution is 2.41. The quantitative estimate of drug-likeness (QED) is 0.376. The Morgan fingerprint density at radius 3 is 2.72 bits per heavy atom.